The Bertz CT molecular complexity index is 407. The van der Waals surface area contributed by atoms with Crippen molar-refractivity contribution >= 4 is 5.76 Å². The number of fused-ring (bicyclic) bond motifs is 1. The van der Waals surface area contributed by atoms with E-state index in [4.69, 9.17) is 6.42 Å². The van der Waals surface area contributed by atoms with Crippen LogP contribution in [-0.2, 0) is 6.42 Å². The fourth-order valence-corrected chi connectivity index (χ4v) is 1.66. The molecule has 0 spiro atoms. The van der Waals surface area contributed by atoms with E-state index in [-0.39, 0.29) is 5.76 Å². The maximum absolute atomic E-state index is 11.7. The summed E-state index contributed by atoms with van der Waals surface area (Å²) in [7, 11) is 0. The number of allylic oxidation sites excluding steroid dienone is 1. The summed E-state index contributed by atoms with van der Waals surface area (Å²) in [5, 5.41) is 11.7. The van der Waals surface area contributed by atoms with Crippen LogP contribution in [0.15, 0.2) is 29.8 Å². The zero-order valence-electron chi connectivity index (χ0n) is 7.21. The quantitative estimate of drug-likeness (QED) is 0.582. The fourth-order valence-electron chi connectivity index (χ4n) is 1.66. The van der Waals surface area contributed by atoms with Crippen LogP contribution in [0, 0.1) is 12.3 Å². The monoisotopic (exact) mass is 169 g/mol. The zero-order chi connectivity index (χ0) is 9.26. The van der Waals surface area contributed by atoms with Crippen molar-refractivity contribution in [2.24, 2.45) is 0 Å². The van der Waals surface area contributed by atoms with Crippen LogP contribution >= 0.6 is 0 Å². The van der Waals surface area contributed by atoms with Crippen LogP contribution < -0.4 is 5.11 Å². The molecule has 0 N–H and O–H groups in total. The van der Waals surface area contributed by atoms with Gasteiger partial charge in [-0.2, -0.15) is 0 Å². The first-order valence-electron chi connectivity index (χ1n) is 4.23. The third-order valence-electron chi connectivity index (χ3n) is 2.30. The maximum atomic E-state index is 11.7. The summed E-state index contributed by atoms with van der Waals surface area (Å²) in [6, 6.07) is 7.68. The molecule has 0 radical (unpaired) electrons. The Morgan fingerprint density at radius 1 is 1.38 bits per heavy atom. The Morgan fingerprint density at radius 3 is 2.85 bits per heavy atom. The van der Waals surface area contributed by atoms with Gasteiger partial charge in [0.1, 0.15) is 0 Å². The molecule has 1 aliphatic carbocycles. The van der Waals surface area contributed by atoms with Gasteiger partial charge in [-0.25, -0.2) is 0 Å². The average molecular weight is 169 g/mol. The van der Waals surface area contributed by atoms with Gasteiger partial charge in [0.05, 0.1) is 0 Å². The minimum Gasteiger partial charge on any atom is -0.872 e. The van der Waals surface area contributed by atoms with Crippen molar-refractivity contribution < 1.29 is 5.11 Å². The smallest absolute Gasteiger partial charge is 0.0297 e. The topological polar surface area (TPSA) is 23.1 Å². The fraction of sp³-hybridized carbons (Fsp3) is 0.167. The van der Waals surface area contributed by atoms with Crippen LogP contribution in [0.25, 0.3) is 5.76 Å². The Kier molecular flexibility index (Phi) is 1.83. The second-order valence-electron chi connectivity index (χ2n) is 3.15. The molecule has 1 nitrogen and oxygen atoms in total. The van der Waals surface area contributed by atoms with Crippen LogP contribution in [0.1, 0.15) is 17.5 Å². The molecule has 1 aromatic rings. The minimum atomic E-state index is 0.133. The molecule has 0 saturated carbocycles. The van der Waals surface area contributed by atoms with Gasteiger partial charge in [0.25, 0.3) is 0 Å². The number of hydrogen-bond acceptors (Lipinski definition) is 1. The van der Waals surface area contributed by atoms with Crippen LogP contribution in [0.5, 0.6) is 0 Å². The third-order valence-corrected chi connectivity index (χ3v) is 2.30. The molecule has 0 bridgehead atoms. The number of terminal acetylenes is 1. The lowest BCUT2D eigenvalue weighted by Gasteiger charge is -2.10. The van der Waals surface area contributed by atoms with Gasteiger partial charge in [-0.15, -0.1) is 18.1 Å². The van der Waals surface area contributed by atoms with Crippen LogP contribution in [-0.4, -0.2) is 0 Å². The normalized spacial score (nSPS) is 14.1. The van der Waals surface area contributed by atoms with Gasteiger partial charge in [0.2, 0.25) is 0 Å². The Hall–Kier alpha value is -1.68. The van der Waals surface area contributed by atoms with Crippen LogP contribution in [0.4, 0.5) is 0 Å². The van der Waals surface area contributed by atoms with E-state index >= 15 is 0 Å². The van der Waals surface area contributed by atoms with E-state index < -0.39 is 0 Å². The van der Waals surface area contributed by atoms with E-state index in [2.05, 4.69) is 5.92 Å². The van der Waals surface area contributed by atoms with Crippen LogP contribution in [0.3, 0.4) is 0 Å². The number of hydrogen-bond donors (Lipinski definition) is 0. The second kappa shape index (κ2) is 2.99. The van der Waals surface area contributed by atoms with Crippen molar-refractivity contribution in [3.05, 3.63) is 41.0 Å². The van der Waals surface area contributed by atoms with Gasteiger partial charge in [-0.1, -0.05) is 29.8 Å². The van der Waals surface area contributed by atoms with E-state index in [0.29, 0.717) is 6.42 Å². The maximum Gasteiger partial charge on any atom is 0.0297 e. The molecule has 0 aliphatic heterocycles. The summed E-state index contributed by atoms with van der Waals surface area (Å²) in [5.74, 6) is 2.65. The van der Waals surface area contributed by atoms with E-state index in [0.717, 1.165) is 23.1 Å². The van der Waals surface area contributed by atoms with Gasteiger partial charge >= 0.3 is 0 Å². The molecular formula is C12H9O-. The summed E-state index contributed by atoms with van der Waals surface area (Å²) < 4.78 is 0. The van der Waals surface area contributed by atoms with E-state index in [1.165, 1.54) is 0 Å². The van der Waals surface area contributed by atoms with Crippen molar-refractivity contribution in [2.75, 3.05) is 0 Å². The SMILES string of the molecule is C#CCC1=C([O-])c2ccccc2C1. The Morgan fingerprint density at radius 2 is 2.15 bits per heavy atom. The largest absolute Gasteiger partial charge is 0.872 e. The summed E-state index contributed by atoms with van der Waals surface area (Å²) in [6.07, 6.45) is 6.40. The minimum absolute atomic E-state index is 0.133. The molecule has 2 rings (SSSR count). The molecule has 0 atom stereocenters. The lowest BCUT2D eigenvalue weighted by atomic mass is 10.1. The van der Waals surface area contributed by atoms with Gasteiger partial charge < -0.3 is 5.11 Å². The first kappa shape index (κ1) is 7.94. The predicted octanol–water partition coefficient (Wildman–Crippen LogP) is 1.34. The van der Waals surface area contributed by atoms with Gasteiger partial charge in [-0.3, -0.25) is 0 Å². The summed E-state index contributed by atoms with van der Waals surface area (Å²) in [5.41, 5.74) is 2.79. The second-order valence-corrected chi connectivity index (χ2v) is 3.15. The highest BCUT2D eigenvalue weighted by Gasteiger charge is 2.12. The van der Waals surface area contributed by atoms with Crippen molar-refractivity contribution in [1.29, 1.82) is 0 Å². The lowest BCUT2D eigenvalue weighted by molar-refractivity contribution is -0.244. The average Bonchev–Trinajstić information content (AvgIpc) is 2.46. The lowest BCUT2D eigenvalue weighted by Crippen LogP contribution is -2.01. The van der Waals surface area contributed by atoms with E-state index in [1.54, 1.807) is 0 Å². The molecule has 1 aromatic carbocycles. The Balaban J connectivity index is 2.43. The molecular weight excluding hydrogens is 160 g/mol. The standard InChI is InChI=1S/C12H10O/c1-2-5-10-8-9-6-3-4-7-11(9)12(10)13/h1,3-4,6-7,13H,5,8H2/p-1. The van der Waals surface area contributed by atoms with Crippen molar-refractivity contribution in [3.63, 3.8) is 0 Å². The number of rotatable bonds is 1. The third kappa shape index (κ3) is 1.21. The predicted molar refractivity (Wildman–Crippen MR) is 50.5 cm³/mol. The molecule has 0 amide bonds. The first-order chi connectivity index (χ1) is 6.33. The Labute approximate surface area is 77.7 Å². The van der Waals surface area contributed by atoms with E-state index in [9.17, 15) is 5.11 Å². The van der Waals surface area contributed by atoms with Crippen LogP contribution in [0.2, 0.25) is 0 Å². The number of benzene rings is 1. The first-order valence-corrected chi connectivity index (χ1v) is 4.23. The summed E-state index contributed by atoms with van der Waals surface area (Å²) in [6.45, 7) is 0. The summed E-state index contributed by atoms with van der Waals surface area (Å²) >= 11 is 0. The van der Waals surface area contributed by atoms with E-state index in [1.807, 2.05) is 24.3 Å². The van der Waals surface area contributed by atoms with Gasteiger partial charge in [-0.05, 0) is 17.5 Å². The highest BCUT2D eigenvalue weighted by atomic mass is 16.3. The molecule has 64 valence electrons. The molecule has 0 heterocycles. The molecule has 0 saturated heterocycles. The highest BCUT2D eigenvalue weighted by Crippen LogP contribution is 2.30. The molecule has 1 heteroatoms. The van der Waals surface area contributed by atoms with Gasteiger partial charge in [0, 0.05) is 6.42 Å². The van der Waals surface area contributed by atoms with Crippen molar-refractivity contribution in [2.45, 2.75) is 12.8 Å². The summed E-state index contributed by atoms with van der Waals surface area (Å²) in [4.78, 5) is 0. The van der Waals surface area contributed by atoms with Crippen molar-refractivity contribution in [3.8, 4) is 12.3 Å². The molecule has 0 fully saturated rings. The van der Waals surface area contributed by atoms with Crippen molar-refractivity contribution in [1.82, 2.24) is 0 Å². The van der Waals surface area contributed by atoms with Gasteiger partial charge in [0.15, 0.2) is 0 Å². The molecule has 0 unspecified atom stereocenters. The highest BCUT2D eigenvalue weighted by molar-refractivity contribution is 5.70. The molecule has 0 aromatic heterocycles. The molecule has 13 heavy (non-hydrogen) atoms. The molecule has 1 aliphatic rings. The zero-order valence-corrected chi connectivity index (χ0v) is 7.21.